The molecule has 7 rings (SSSR count). The third kappa shape index (κ3) is 10.8. The lowest BCUT2D eigenvalue weighted by Crippen LogP contribution is -2.68. The Bertz CT molecular complexity index is 2360. The van der Waals surface area contributed by atoms with Crippen molar-refractivity contribution in [2.45, 2.75) is 143 Å². The summed E-state index contributed by atoms with van der Waals surface area (Å²) in [4.78, 5) is 57.6. The maximum atomic E-state index is 16.3. The number of carbonyl (C=O) groups is 3. The largest absolute Gasteiger partial charge is 0.492 e. The standard InChI is InChI=1S/C42H62FN11O16/c1-15-12-53(8-7-51-15)31-27(43)29(52-50)25-30(38(31)63-2)54(16-3-4-16)39(49)26(33(25)59)40(62)66-14-65-24(57)6-5-23(56)64-13-22-32(58)28(48)34(60)42(68-22)70-37-18(46)9-17(45)36(35(37)61)69-41-19(47)10-20(55)21(11-44)67-41/h15-22,28,32,34-37,41-42,51,55,58,60-61H,3-14,44-48H2,1-2H3,(H-,49,59,62)/p+1. The molecule has 5 fully saturated rings. The highest BCUT2D eigenvalue weighted by Crippen LogP contribution is 2.49. The number of ether oxygens (including phenoxy) is 8. The molecule has 5 aliphatic rings. The third-order valence-electron chi connectivity index (χ3n) is 13.2. The number of carbonyl (C=O) groups excluding carboxylic acids is 3. The van der Waals surface area contributed by atoms with Crippen molar-refractivity contribution in [3.63, 3.8) is 0 Å². The van der Waals surface area contributed by atoms with Gasteiger partial charge in [0.1, 0.15) is 71.2 Å². The van der Waals surface area contributed by atoms with Gasteiger partial charge in [-0.05, 0) is 32.6 Å². The van der Waals surface area contributed by atoms with Gasteiger partial charge in [-0.2, -0.15) is 4.39 Å². The van der Waals surface area contributed by atoms with Crippen molar-refractivity contribution in [1.82, 2.24) is 9.88 Å². The van der Waals surface area contributed by atoms with Gasteiger partial charge in [-0.25, -0.2) is 4.79 Å². The van der Waals surface area contributed by atoms with Crippen LogP contribution in [0.4, 0.5) is 21.6 Å². The van der Waals surface area contributed by atoms with Crippen LogP contribution in [0.2, 0.25) is 0 Å². The Hall–Kier alpha value is -4.97. The van der Waals surface area contributed by atoms with E-state index >= 15 is 4.39 Å². The third-order valence-corrected chi connectivity index (χ3v) is 13.2. The number of hydrogen-bond donors (Lipinski definition) is 11. The van der Waals surface area contributed by atoms with E-state index in [-0.39, 0.29) is 54.2 Å². The summed E-state index contributed by atoms with van der Waals surface area (Å²) in [7, 11) is 1.29. The SMILES string of the molecule is COc1c(N2CCNC(C)C2)c(F)c([N+]#N)c2c(=O)c(C(=O)OCOC(=O)CCC(=O)OCC3OC(OC4C(N)CC(N)C(OC5OC(CN)C(O)CC5N)C4O)C(O)C(N)C3O)c(N)n(C3CC3)c12. The van der Waals surface area contributed by atoms with E-state index in [9.17, 15) is 45.0 Å². The van der Waals surface area contributed by atoms with Crippen molar-refractivity contribution < 1.29 is 77.1 Å². The number of hydrogen-bond acceptors (Lipinski definition) is 25. The molecule has 2 saturated carbocycles. The molecule has 0 spiro atoms. The van der Waals surface area contributed by atoms with Gasteiger partial charge >= 0.3 is 23.6 Å². The van der Waals surface area contributed by atoms with Crippen LogP contribution in [0, 0.1) is 11.2 Å². The number of nitrogens with one attached hydrogen (secondary N) is 1. The number of benzene rings is 1. The molecule has 15 atom stereocenters. The van der Waals surface area contributed by atoms with Gasteiger partial charge in [0.15, 0.2) is 23.3 Å². The van der Waals surface area contributed by atoms with Crippen LogP contribution in [0.3, 0.4) is 0 Å². The fraction of sp³-hybridized carbons (Fsp3) is 0.714. The van der Waals surface area contributed by atoms with Crippen LogP contribution in [0.15, 0.2) is 4.79 Å². The van der Waals surface area contributed by atoms with Crippen LogP contribution >= 0.6 is 0 Å². The summed E-state index contributed by atoms with van der Waals surface area (Å²) < 4.78 is 62.1. The number of pyridine rings is 1. The minimum Gasteiger partial charge on any atom is -0.492 e. The van der Waals surface area contributed by atoms with E-state index in [4.69, 9.17) is 72.3 Å². The summed E-state index contributed by atoms with van der Waals surface area (Å²) in [5, 5.41) is 56.1. The van der Waals surface area contributed by atoms with Crippen LogP contribution in [-0.2, 0) is 42.7 Å². The van der Waals surface area contributed by atoms with Crippen molar-refractivity contribution in [1.29, 1.82) is 5.39 Å². The molecular weight excluding hydrogens is 934 g/mol. The first-order valence-electron chi connectivity index (χ1n) is 23.0. The number of nitrogens with two attached hydrogens (primary N) is 6. The molecule has 1 aromatic heterocycles. The van der Waals surface area contributed by atoms with E-state index < -0.39 is 158 Å². The normalized spacial score (nSPS) is 33.6. The number of nitrogens with zero attached hydrogens (tertiary/aromatic N) is 4. The maximum absolute atomic E-state index is 16.3. The number of aliphatic hydroxyl groups excluding tert-OH is 4. The first-order chi connectivity index (χ1) is 33.3. The number of anilines is 2. The van der Waals surface area contributed by atoms with Crippen molar-refractivity contribution in [2.24, 2.45) is 28.7 Å². The number of nitrogen functional groups attached to an aromatic ring is 1. The Kier molecular flexibility index (Phi) is 16.8. The zero-order valence-corrected chi connectivity index (χ0v) is 38.5. The predicted octanol–water partition coefficient (Wildman–Crippen LogP) is -3.94. The van der Waals surface area contributed by atoms with Gasteiger partial charge < -0.3 is 108 Å². The van der Waals surface area contributed by atoms with E-state index in [2.05, 4.69) is 10.3 Å². The second-order valence-electron chi connectivity index (χ2n) is 18.2. The molecule has 388 valence electrons. The monoisotopic (exact) mass is 996 g/mol. The van der Waals surface area contributed by atoms with Gasteiger partial charge in [0.25, 0.3) is 0 Å². The van der Waals surface area contributed by atoms with E-state index in [1.807, 2.05) is 6.92 Å². The molecule has 1 aromatic carbocycles. The molecular formula is C42H63FN11O16+. The molecule has 28 heteroatoms. The zero-order chi connectivity index (χ0) is 50.9. The molecule has 70 heavy (non-hydrogen) atoms. The predicted molar refractivity (Wildman–Crippen MR) is 240 cm³/mol. The summed E-state index contributed by atoms with van der Waals surface area (Å²) in [5.74, 6) is -4.80. The molecule has 3 saturated heterocycles. The molecule has 4 heterocycles. The van der Waals surface area contributed by atoms with E-state index in [0.717, 1.165) is 0 Å². The van der Waals surface area contributed by atoms with Crippen molar-refractivity contribution >= 4 is 46.0 Å². The number of aromatic nitrogens is 1. The lowest BCUT2D eigenvalue weighted by molar-refractivity contribution is -0.315. The number of methoxy groups -OCH3 is 1. The molecule has 0 amide bonds. The average Bonchev–Trinajstić information content (AvgIpc) is 4.16. The molecule has 3 aliphatic heterocycles. The summed E-state index contributed by atoms with van der Waals surface area (Å²) in [6.45, 7) is 1.42. The number of esters is 3. The maximum Gasteiger partial charge on any atom is 0.435 e. The Balaban J connectivity index is 0.933. The van der Waals surface area contributed by atoms with Crippen molar-refractivity contribution in [3.05, 3.63) is 26.6 Å². The summed E-state index contributed by atoms with van der Waals surface area (Å²) in [6.07, 6.45) is -12.9. The van der Waals surface area contributed by atoms with Crippen molar-refractivity contribution in [2.75, 3.05) is 57.3 Å². The molecule has 27 nitrogen and oxygen atoms in total. The second kappa shape index (κ2) is 22.2. The smallest absolute Gasteiger partial charge is 0.435 e. The van der Waals surface area contributed by atoms with Gasteiger partial charge in [-0.1, -0.05) is 0 Å². The minimum atomic E-state index is -1.67. The first kappa shape index (κ1) is 52.8. The first-order valence-corrected chi connectivity index (χ1v) is 23.0. The molecule has 0 radical (unpaired) electrons. The molecule has 2 aliphatic carbocycles. The van der Waals surface area contributed by atoms with Crippen LogP contribution in [0.1, 0.15) is 61.8 Å². The van der Waals surface area contributed by atoms with Gasteiger partial charge in [0, 0.05) is 50.3 Å². The van der Waals surface area contributed by atoms with Crippen molar-refractivity contribution in [3.8, 4) is 5.75 Å². The summed E-state index contributed by atoms with van der Waals surface area (Å²) >= 11 is 0. The number of rotatable bonds is 16. The Morgan fingerprint density at radius 2 is 1.54 bits per heavy atom. The zero-order valence-electron chi connectivity index (χ0n) is 38.5. The van der Waals surface area contributed by atoms with Gasteiger partial charge in [-0.15, -0.1) is 0 Å². The fourth-order valence-corrected chi connectivity index (χ4v) is 9.36. The van der Waals surface area contributed by atoms with E-state index in [1.165, 1.54) is 11.7 Å². The Morgan fingerprint density at radius 1 is 0.900 bits per heavy atom. The molecule has 17 N–H and O–H groups in total. The Labute approximate surface area is 399 Å². The van der Waals surface area contributed by atoms with E-state index in [1.54, 1.807) is 4.90 Å². The van der Waals surface area contributed by atoms with Crippen LogP contribution < -0.4 is 54.8 Å². The number of fused-ring (bicyclic) bond motifs is 1. The van der Waals surface area contributed by atoms with Crippen LogP contribution in [0.5, 0.6) is 5.75 Å². The average molecular weight is 997 g/mol. The number of piperazine rings is 1. The quantitative estimate of drug-likeness (QED) is 0.0434. The minimum absolute atomic E-state index is 0.0208. The number of halogens is 1. The fourth-order valence-electron chi connectivity index (χ4n) is 9.36. The van der Waals surface area contributed by atoms with Crippen LogP contribution in [0.25, 0.3) is 15.9 Å². The van der Waals surface area contributed by atoms with Gasteiger partial charge in [-0.3, -0.25) is 14.4 Å². The number of diazo groups is 1. The lowest BCUT2D eigenvalue weighted by atomic mass is 9.84. The van der Waals surface area contributed by atoms with E-state index in [0.29, 0.717) is 32.5 Å². The molecule has 2 aromatic rings. The molecule has 0 bridgehead atoms. The van der Waals surface area contributed by atoms with Gasteiger partial charge in [0.2, 0.25) is 23.4 Å². The highest BCUT2D eigenvalue weighted by atomic mass is 19.1. The Morgan fingerprint density at radius 3 is 2.16 bits per heavy atom. The number of aliphatic hydroxyl groups is 4. The molecule has 15 unspecified atom stereocenters. The van der Waals surface area contributed by atoms with Gasteiger partial charge in [0.05, 0.1) is 44.2 Å². The lowest BCUT2D eigenvalue weighted by Gasteiger charge is -2.47. The highest BCUT2D eigenvalue weighted by molar-refractivity contribution is 6.07. The summed E-state index contributed by atoms with van der Waals surface area (Å²) in [5.41, 5.74) is 34.4. The summed E-state index contributed by atoms with van der Waals surface area (Å²) in [6, 6.07) is -4.34. The highest BCUT2D eigenvalue weighted by Gasteiger charge is 2.51. The topological polar surface area (TPSA) is 428 Å². The van der Waals surface area contributed by atoms with Crippen LogP contribution in [-0.4, -0.2) is 181 Å². The second-order valence-corrected chi connectivity index (χ2v) is 18.2.